The molecule has 0 aliphatic carbocycles. The first-order valence-corrected chi connectivity index (χ1v) is 11.7. The van der Waals surface area contributed by atoms with Crippen molar-refractivity contribution in [1.29, 1.82) is 0 Å². The maximum Gasteiger partial charge on any atom is 0.256 e. The Morgan fingerprint density at radius 1 is 1.00 bits per heavy atom. The first-order valence-electron chi connectivity index (χ1n) is 11.7. The molecule has 2 unspecified atom stereocenters. The second-order valence-corrected chi connectivity index (χ2v) is 8.60. The monoisotopic (exact) mass is 457 g/mol. The van der Waals surface area contributed by atoms with Crippen molar-refractivity contribution in [3.05, 3.63) is 101 Å². The van der Waals surface area contributed by atoms with E-state index in [9.17, 15) is 9.59 Å². The fourth-order valence-corrected chi connectivity index (χ4v) is 4.23. The molecule has 0 aromatic heterocycles. The average molecular weight is 458 g/mol. The van der Waals surface area contributed by atoms with Crippen LogP contribution in [0.25, 0.3) is 0 Å². The Labute approximate surface area is 200 Å². The van der Waals surface area contributed by atoms with Gasteiger partial charge in [-0.15, -0.1) is 0 Å². The van der Waals surface area contributed by atoms with Crippen LogP contribution in [0.1, 0.15) is 51.4 Å². The second kappa shape index (κ2) is 11.0. The molecule has 0 bridgehead atoms. The topological polar surface area (TPSA) is 70.7 Å². The summed E-state index contributed by atoms with van der Waals surface area (Å²) < 4.78 is 5.20. The number of hydrogen-bond acceptors (Lipinski definition) is 4. The molecule has 0 fully saturated rings. The van der Waals surface area contributed by atoms with Gasteiger partial charge in [-0.25, -0.2) is 0 Å². The highest BCUT2D eigenvalue weighted by molar-refractivity contribution is 5.99. The maximum absolute atomic E-state index is 12.9. The van der Waals surface area contributed by atoms with Crippen molar-refractivity contribution in [3.63, 3.8) is 0 Å². The third-order valence-corrected chi connectivity index (χ3v) is 6.13. The number of ether oxygens (including phenoxy) is 1. The smallest absolute Gasteiger partial charge is 0.256 e. The van der Waals surface area contributed by atoms with Crippen LogP contribution in [0.15, 0.2) is 78.9 Å². The van der Waals surface area contributed by atoms with Gasteiger partial charge in [0.05, 0.1) is 6.61 Å². The molecule has 0 saturated carbocycles. The molecule has 6 nitrogen and oxygen atoms in total. The van der Waals surface area contributed by atoms with Crippen LogP contribution in [0.3, 0.4) is 0 Å². The minimum atomic E-state index is -0.281. The predicted octanol–water partition coefficient (Wildman–Crippen LogP) is 4.65. The zero-order chi connectivity index (χ0) is 23.9. The lowest BCUT2D eigenvalue weighted by Gasteiger charge is -2.27. The fraction of sp³-hybridized carbons (Fsp3) is 0.286. The number of hydrogen-bond donors (Lipinski definition) is 2. The van der Waals surface area contributed by atoms with Crippen LogP contribution in [-0.2, 0) is 11.2 Å². The highest BCUT2D eigenvalue weighted by atomic mass is 16.5. The number of amides is 2. The van der Waals surface area contributed by atoms with E-state index in [1.807, 2.05) is 73.7 Å². The summed E-state index contributed by atoms with van der Waals surface area (Å²) in [5.41, 5.74) is 4.36. The van der Waals surface area contributed by atoms with Gasteiger partial charge < -0.3 is 20.3 Å². The normalized spacial score (nSPS) is 15.6. The second-order valence-electron chi connectivity index (χ2n) is 8.60. The van der Waals surface area contributed by atoms with Crippen LogP contribution in [0, 0.1) is 0 Å². The van der Waals surface area contributed by atoms with Gasteiger partial charge in [-0.2, -0.15) is 0 Å². The Morgan fingerprint density at radius 2 is 1.71 bits per heavy atom. The number of fused-ring (bicyclic) bond motifs is 1. The number of aryl methyl sites for hydroxylation is 1. The van der Waals surface area contributed by atoms with Crippen LogP contribution in [-0.4, -0.2) is 43.0 Å². The van der Waals surface area contributed by atoms with Gasteiger partial charge in [0, 0.05) is 42.1 Å². The van der Waals surface area contributed by atoms with Crippen LogP contribution >= 0.6 is 0 Å². The molecule has 176 valence electrons. The van der Waals surface area contributed by atoms with E-state index in [4.69, 9.17) is 4.74 Å². The summed E-state index contributed by atoms with van der Waals surface area (Å²) in [5.74, 6) is -0.0964. The van der Waals surface area contributed by atoms with Crippen molar-refractivity contribution in [2.45, 2.75) is 32.0 Å². The summed E-state index contributed by atoms with van der Waals surface area (Å²) in [6.45, 7) is 2.97. The third kappa shape index (κ3) is 5.46. The summed E-state index contributed by atoms with van der Waals surface area (Å²) in [5, 5.41) is 6.53. The Balaban J connectivity index is 1.38. The molecule has 4 rings (SSSR count). The molecule has 3 aromatic carbocycles. The molecular weight excluding hydrogens is 426 g/mol. The van der Waals surface area contributed by atoms with Crippen molar-refractivity contribution in [1.82, 2.24) is 10.2 Å². The summed E-state index contributed by atoms with van der Waals surface area (Å²) in [4.78, 5) is 27.4. The van der Waals surface area contributed by atoms with E-state index in [0.29, 0.717) is 24.3 Å². The molecule has 1 heterocycles. The third-order valence-electron chi connectivity index (χ3n) is 6.13. The molecule has 3 aromatic rings. The zero-order valence-electron chi connectivity index (χ0n) is 19.7. The first kappa shape index (κ1) is 23.5. The zero-order valence-corrected chi connectivity index (χ0v) is 19.7. The minimum absolute atomic E-state index is 0.00867. The number of anilines is 1. The van der Waals surface area contributed by atoms with Gasteiger partial charge in [0.25, 0.3) is 11.8 Å². The van der Waals surface area contributed by atoms with E-state index >= 15 is 0 Å². The molecule has 2 atom stereocenters. The molecule has 0 spiro atoms. The van der Waals surface area contributed by atoms with Crippen molar-refractivity contribution >= 4 is 17.5 Å². The Morgan fingerprint density at radius 3 is 2.44 bits per heavy atom. The lowest BCUT2D eigenvalue weighted by Crippen LogP contribution is -2.35. The highest BCUT2D eigenvalue weighted by Crippen LogP contribution is 2.34. The molecule has 1 aliphatic rings. The van der Waals surface area contributed by atoms with Crippen LogP contribution in [0.4, 0.5) is 5.69 Å². The number of benzene rings is 3. The van der Waals surface area contributed by atoms with E-state index in [1.54, 1.807) is 12.0 Å². The van der Waals surface area contributed by atoms with Gasteiger partial charge >= 0.3 is 0 Å². The predicted molar refractivity (Wildman–Crippen MR) is 134 cm³/mol. The molecule has 6 heteroatoms. The van der Waals surface area contributed by atoms with Gasteiger partial charge in [0.15, 0.2) is 0 Å². The van der Waals surface area contributed by atoms with E-state index in [0.717, 1.165) is 24.1 Å². The number of rotatable bonds is 10. The molecule has 0 saturated heterocycles. The molecule has 2 N–H and O–H groups in total. The molecule has 0 radical (unpaired) electrons. The quantitative estimate of drug-likeness (QED) is 0.465. The standard InChI is InChI=1S/C28H31N3O3/c1-20(12-13-21-8-4-3-5-9-21)29-27(32)22-14-16-23(17-15-22)30-26-24-10-6-7-11-25(24)28(33)31(26)18-19-34-2/h3-11,14-17,20,26,30H,12-13,18-19H2,1-2H3,(H,29,32). The highest BCUT2D eigenvalue weighted by Gasteiger charge is 2.36. The minimum Gasteiger partial charge on any atom is -0.383 e. The van der Waals surface area contributed by atoms with Crippen molar-refractivity contribution in [3.8, 4) is 0 Å². The van der Waals surface area contributed by atoms with E-state index in [-0.39, 0.29) is 24.0 Å². The molecule has 2 amide bonds. The average Bonchev–Trinajstić information content (AvgIpc) is 3.13. The summed E-state index contributed by atoms with van der Waals surface area (Å²) >= 11 is 0. The lowest BCUT2D eigenvalue weighted by atomic mass is 10.1. The van der Waals surface area contributed by atoms with E-state index in [2.05, 4.69) is 22.8 Å². The molecule has 1 aliphatic heterocycles. The van der Waals surface area contributed by atoms with Gasteiger partial charge in [0.2, 0.25) is 0 Å². The van der Waals surface area contributed by atoms with Crippen molar-refractivity contribution in [2.24, 2.45) is 0 Å². The van der Waals surface area contributed by atoms with Crippen molar-refractivity contribution in [2.75, 3.05) is 25.6 Å². The largest absolute Gasteiger partial charge is 0.383 e. The van der Waals surface area contributed by atoms with Gasteiger partial charge in [-0.1, -0.05) is 48.5 Å². The van der Waals surface area contributed by atoms with Crippen LogP contribution < -0.4 is 10.6 Å². The van der Waals surface area contributed by atoms with Gasteiger partial charge in [-0.05, 0) is 55.7 Å². The SMILES string of the molecule is COCCN1C(=O)c2ccccc2C1Nc1ccc(C(=O)NC(C)CCc2ccccc2)cc1. The van der Waals surface area contributed by atoms with Crippen LogP contribution in [0.5, 0.6) is 0 Å². The lowest BCUT2D eigenvalue weighted by molar-refractivity contribution is 0.0674. The number of carbonyl (C=O) groups excluding carboxylic acids is 2. The van der Waals surface area contributed by atoms with Gasteiger partial charge in [-0.3, -0.25) is 9.59 Å². The Kier molecular flexibility index (Phi) is 7.60. The number of nitrogens with zero attached hydrogens (tertiary/aromatic N) is 1. The number of carbonyl (C=O) groups is 2. The maximum atomic E-state index is 12.9. The van der Waals surface area contributed by atoms with E-state index in [1.165, 1.54) is 5.56 Å². The van der Waals surface area contributed by atoms with Crippen LogP contribution in [0.2, 0.25) is 0 Å². The Hall–Kier alpha value is -3.64. The first-order chi connectivity index (χ1) is 16.6. The van der Waals surface area contributed by atoms with E-state index < -0.39 is 0 Å². The summed E-state index contributed by atoms with van der Waals surface area (Å²) in [6.07, 6.45) is 1.52. The van der Waals surface area contributed by atoms with Gasteiger partial charge in [0.1, 0.15) is 6.17 Å². The number of methoxy groups -OCH3 is 1. The Bertz CT molecular complexity index is 1120. The molecule has 34 heavy (non-hydrogen) atoms. The van der Waals surface area contributed by atoms with Crippen molar-refractivity contribution < 1.29 is 14.3 Å². The summed E-state index contributed by atoms with van der Waals surface area (Å²) in [6, 6.07) is 25.4. The number of nitrogens with one attached hydrogen (secondary N) is 2. The summed E-state index contributed by atoms with van der Waals surface area (Å²) in [7, 11) is 1.63. The molecular formula is C28H31N3O3. The fourth-order valence-electron chi connectivity index (χ4n) is 4.23.